The predicted molar refractivity (Wildman–Crippen MR) is 105 cm³/mol. The molecule has 8 nitrogen and oxygen atoms in total. The van der Waals surface area contributed by atoms with Crippen LogP contribution in [0.15, 0.2) is 52.9 Å². The minimum Gasteiger partial charge on any atom is -0.493 e. The van der Waals surface area contributed by atoms with Crippen molar-refractivity contribution in [2.24, 2.45) is 5.10 Å². The lowest BCUT2D eigenvalue weighted by Crippen LogP contribution is -1.99. The van der Waals surface area contributed by atoms with Gasteiger partial charge in [0.05, 0.1) is 37.1 Å². The third-order valence-corrected chi connectivity index (χ3v) is 4.39. The molecule has 0 saturated carbocycles. The number of anilines is 1. The first kappa shape index (κ1) is 18.3. The highest BCUT2D eigenvalue weighted by Gasteiger charge is 2.17. The quantitative estimate of drug-likeness (QED) is 0.373. The number of nitro groups is 1. The standard InChI is InChI=1S/C18H16N4O4S/c1-25-16-9-14(22(23)24)8-13(17(16)26-2)10-19-21-18-20-15(11-27-18)12-6-4-3-5-7-12/h3-11H,1-2H3,(H,20,21). The van der Waals surface area contributed by atoms with Crippen molar-refractivity contribution in [3.05, 3.63) is 63.5 Å². The summed E-state index contributed by atoms with van der Waals surface area (Å²) >= 11 is 1.41. The summed E-state index contributed by atoms with van der Waals surface area (Å²) in [5, 5.41) is 17.7. The van der Waals surface area contributed by atoms with Crippen molar-refractivity contribution in [3.63, 3.8) is 0 Å². The van der Waals surface area contributed by atoms with Gasteiger partial charge in [0.2, 0.25) is 5.13 Å². The summed E-state index contributed by atoms with van der Waals surface area (Å²) in [5.74, 6) is 0.617. The molecule has 0 aliphatic heterocycles. The van der Waals surface area contributed by atoms with E-state index in [2.05, 4.69) is 15.5 Å². The fraction of sp³-hybridized carbons (Fsp3) is 0.111. The number of hydrazone groups is 1. The summed E-state index contributed by atoms with van der Waals surface area (Å²) in [4.78, 5) is 15.1. The molecule has 0 unspecified atom stereocenters. The molecule has 1 N–H and O–H groups in total. The Bertz CT molecular complexity index is 973. The second-order valence-corrected chi connectivity index (χ2v) is 6.16. The van der Waals surface area contributed by atoms with Gasteiger partial charge in [0, 0.05) is 22.6 Å². The van der Waals surface area contributed by atoms with E-state index in [1.165, 1.54) is 43.9 Å². The molecule has 2 aromatic carbocycles. The van der Waals surface area contributed by atoms with Crippen molar-refractivity contribution < 1.29 is 14.4 Å². The number of nitrogens with zero attached hydrogens (tertiary/aromatic N) is 3. The van der Waals surface area contributed by atoms with Gasteiger partial charge in [-0.05, 0) is 0 Å². The van der Waals surface area contributed by atoms with E-state index in [1.54, 1.807) is 0 Å². The van der Waals surface area contributed by atoms with Crippen molar-refractivity contribution in [2.45, 2.75) is 0 Å². The predicted octanol–water partition coefficient (Wildman–Crippen LogP) is 4.18. The topological polar surface area (TPSA) is 98.9 Å². The second kappa shape index (κ2) is 8.28. The molecule has 1 heterocycles. The number of methoxy groups -OCH3 is 2. The van der Waals surface area contributed by atoms with Crippen LogP contribution in [-0.4, -0.2) is 30.3 Å². The van der Waals surface area contributed by atoms with Gasteiger partial charge in [-0.3, -0.25) is 15.5 Å². The van der Waals surface area contributed by atoms with E-state index < -0.39 is 4.92 Å². The van der Waals surface area contributed by atoms with Crippen molar-refractivity contribution in [1.29, 1.82) is 0 Å². The Hall–Kier alpha value is -3.46. The molecule has 3 aromatic rings. The third kappa shape index (κ3) is 4.21. The molecule has 0 atom stereocenters. The molecule has 3 rings (SSSR count). The Kier molecular flexibility index (Phi) is 5.62. The smallest absolute Gasteiger partial charge is 0.274 e. The van der Waals surface area contributed by atoms with Gasteiger partial charge in [-0.15, -0.1) is 11.3 Å². The molecule has 0 aliphatic carbocycles. The van der Waals surface area contributed by atoms with Crippen LogP contribution in [0.3, 0.4) is 0 Å². The van der Waals surface area contributed by atoms with Crippen LogP contribution in [-0.2, 0) is 0 Å². The fourth-order valence-electron chi connectivity index (χ4n) is 2.40. The van der Waals surface area contributed by atoms with Gasteiger partial charge < -0.3 is 9.47 Å². The van der Waals surface area contributed by atoms with E-state index in [0.29, 0.717) is 16.4 Å². The molecule has 0 spiro atoms. The van der Waals surface area contributed by atoms with Crippen molar-refractivity contribution in [1.82, 2.24) is 4.98 Å². The average Bonchev–Trinajstić information content (AvgIpc) is 3.16. The highest BCUT2D eigenvalue weighted by atomic mass is 32.1. The maximum atomic E-state index is 11.1. The van der Waals surface area contributed by atoms with Crippen molar-refractivity contribution in [2.75, 3.05) is 19.6 Å². The van der Waals surface area contributed by atoms with Crippen LogP contribution in [0, 0.1) is 10.1 Å². The van der Waals surface area contributed by atoms with Gasteiger partial charge in [-0.1, -0.05) is 30.3 Å². The van der Waals surface area contributed by atoms with Gasteiger partial charge in [0.1, 0.15) is 0 Å². The number of aromatic nitrogens is 1. The van der Waals surface area contributed by atoms with Crippen LogP contribution in [0.4, 0.5) is 10.8 Å². The zero-order valence-electron chi connectivity index (χ0n) is 14.6. The number of non-ortho nitro benzene ring substituents is 1. The monoisotopic (exact) mass is 384 g/mol. The van der Waals surface area contributed by atoms with Gasteiger partial charge in [0.15, 0.2) is 11.5 Å². The van der Waals surface area contributed by atoms with Crippen LogP contribution in [0.1, 0.15) is 5.56 Å². The number of ether oxygens (including phenoxy) is 2. The number of nitro benzene ring substituents is 1. The van der Waals surface area contributed by atoms with Gasteiger partial charge in [-0.2, -0.15) is 5.10 Å². The molecule has 0 fully saturated rings. The van der Waals surface area contributed by atoms with Crippen LogP contribution >= 0.6 is 11.3 Å². The van der Waals surface area contributed by atoms with Gasteiger partial charge >= 0.3 is 0 Å². The summed E-state index contributed by atoms with van der Waals surface area (Å²) in [5.41, 5.74) is 4.98. The first-order valence-electron chi connectivity index (χ1n) is 7.83. The fourth-order valence-corrected chi connectivity index (χ4v) is 3.07. The first-order valence-corrected chi connectivity index (χ1v) is 8.70. The molecular weight excluding hydrogens is 368 g/mol. The number of hydrogen-bond donors (Lipinski definition) is 1. The number of thiazole rings is 1. The van der Waals surface area contributed by atoms with Crippen LogP contribution < -0.4 is 14.9 Å². The van der Waals surface area contributed by atoms with E-state index in [4.69, 9.17) is 9.47 Å². The number of nitrogens with one attached hydrogen (secondary N) is 1. The number of rotatable bonds is 7. The van der Waals surface area contributed by atoms with Crippen LogP contribution in [0.2, 0.25) is 0 Å². The van der Waals surface area contributed by atoms with Crippen LogP contribution in [0.25, 0.3) is 11.3 Å². The Morgan fingerprint density at radius 3 is 2.67 bits per heavy atom. The van der Waals surface area contributed by atoms with E-state index in [9.17, 15) is 10.1 Å². The Labute approximate surface area is 159 Å². The average molecular weight is 384 g/mol. The zero-order chi connectivity index (χ0) is 19.2. The summed E-state index contributed by atoms with van der Waals surface area (Å²) in [6.07, 6.45) is 1.43. The summed E-state index contributed by atoms with van der Waals surface area (Å²) in [6.45, 7) is 0. The minimum absolute atomic E-state index is 0.116. The van der Waals surface area contributed by atoms with Crippen molar-refractivity contribution >= 4 is 28.4 Å². The molecule has 0 bridgehead atoms. The molecule has 27 heavy (non-hydrogen) atoms. The summed E-state index contributed by atoms with van der Waals surface area (Å²) in [6, 6.07) is 12.5. The Balaban J connectivity index is 1.81. The lowest BCUT2D eigenvalue weighted by Gasteiger charge is -2.09. The Morgan fingerprint density at radius 1 is 1.22 bits per heavy atom. The first-order chi connectivity index (χ1) is 13.1. The molecule has 0 amide bonds. The zero-order valence-corrected chi connectivity index (χ0v) is 15.4. The molecule has 0 radical (unpaired) electrons. The van der Waals surface area contributed by atoms with Crippen molar-refractivity contribution in [3.8, 4) is 22.8 Å². The van der Waals surface area contributed by atoms with E-state index in [-0.39, 0.29) is 11.4 Å². The van der Waals surface area contributed by atoms with E-state index in [1.807, 2.05) is 35.7 Å². The SMILES string of the molecule is COc1cc([N+](=O)[O-])cc(C=NNc2nc(-c3ccccc3)cs2)c1OC. The lowest BCUT2D eigenvalue weighted by molar-refractivity contribution is -0.385. The molecule has 138 valence electrons. The van der Waals surface area contributed by atoms with E-state index in [0.717, 1.165) is 11.3 Å². The number of benzene rings is 2. The number of hydrogen-bond acceptors (Lipinski definition) is 8. The second-order valence-electron chi connectivity index (χ2n) is 5.30. The third-order valence-electron chi connectivity index (χ3n) is 3.64. The molecule has 0 aliphatic rings. The highest BCUT2D eigenvalue weighted by molar-refractivity contribution is 7.14. The van der Waals surface area contributed by atoms with Gasteiger partial charge in [-0.25, -0.2) is 4.98 Å². The minimum atomic E-state index is -0.500. The van der Waals surface area contributed by atoms with Gasteiger partial charge in [0.25, 0.3) is 5.69 Å². The Morgan fingerprint density at radius 2 is 2.00 bits per heavy atom. The lowest BCUT2D eigenvalue weighted by atomic mass is 10.1. The highest BCUT2D eigenvalue weighted by Crippen LogP contribution is 2.34. The molecule has 0 saturated heterocycles. The van der Waals surface area contributed by atoms with Crippen LogP contribution in [0.5, 0.6) is 11.5 Å². The largest absolute Gasteiger partial charge is 0.493 e. The molecule has 9 heteroatoms. The maximum absolute atomic E-state index is 11.1. The summed E-state index contributed by atoms with van der Waals surface area (Å²) in [7, 11) is 2.88. The maximum Gasteiger partial charge on any atom is 0.274 e. The molecular formula is C18H16N4O4S. The summed E-state index contributed by atoms with van der Waals surface area (Å²) < 4.78 is 10.5. The normalized spacial score (nSPS) is 10.7. The van der Waals surface area contributed by atoms with E-state index >= 15 is 0 Å². The molecule has 1 aromatic heterocycles.